The third-order valence-electron chi connectivity index (χ3n) is 3.93. The van der Waals surface area contributed by atoms with Crippen LogP contribution in [-0.4, -0.2) is 26.8 Å². The summed E-state index contributed by atoms with van der Waals surface area (Å²) in [6.07, 6.45) is 3.64. The van der Waals surface area contributed by atoms with Crippen LogP contribution in [0.25, 0.3) is 22.0 Å². The zero-order valence-electron chi connectivity index (χ0n) is 14.0. The SMILES string of the molecule is CCOc1ccc2nc(Cl)nc(Nc3ccc(-c4cn[nH]c4)cc3)c2c1. The first-order valence-corrected chi connectivity index (χ1v) is 8.57. The Labute approximate surface area is 155 Å². The number of rotatable bonds is 5. The molecule has 0 aliphatic heterocycles. The van der Waals surface area contributed by atoms with Crippen molar-refractivity contribution in [2.45, 2.75) is 6.92 Å². The van der Waals surface area contributed by atoms with Crippen molar-refractivity contribution in [1.82, 2.24) is 20.2 Å². The van der Waals surface area contributed by atoms with Crippen molar-refractivity contribution in [2.75, 3.05) is 11.9 Å². The number of hydrogen-bond acceptors (Lipinski definition) is 5. The highest BCUT2D eigenvalue weighted by molar-refractivity contribution is 6.28. The second kappa shape index (κ2) is 7.01. The molecule has 7 heteroatoms. The van der Waals surface area contributed by atoms with Gasteiger partial charge in [-0.25, -0.2) is 4.98 Å². The van der Waals surface area contributed by atoms with E-state index in [2.05, 4.69) is 25.5 Å². The van der Waals surface area contributed by atoms with Crippen LogP contribution in [0.5, 0.6) is 5.75 Å². The smallest absolute Gasteiger partial charge is 0.224 e. The Hall–Kier alpha value is -3.12. The molecule has 6 nitrogen and oxygen atoms in total. The lowest BCUT2D eigenvalue weighted by Crippen LogP contribution is -1.98. The van der Waals surface area contributed by atoms with E-state index in [-0.39, 0.29) is 5.28 Å². The van der Waals surface area contributed by atoms with E-state index >= 15 is 0 Å². The minimum Gasteiger partial charge on any atom is -0.494 e. The Morgan fingerprint density at radius 2 is 1.92 bits per heavy atom. The molecule has 26 heavy (non-hydrogen) atoms. The molecule has 0 unspecified atom stereocenters. The van der Waals surface area contributed by atoms with Crippen molar-refractivity contribution in [2.24, 2.45) is 0 Å². The summed E-state index contributed by atoms with van der Waals surface area (Å²) in [6, 6.07) is 13.7. The van der Waals surface area contributed by atoms with Crippen LogP contribution in [0.1, 0.15) is 6.92 Å². The van der Waals surface area contributed by atoms with E-state index in [1.807, 2.05) is 55.6 Å². The summed E-state index contributed by atoms with van der Waals surface area (Å²) in [5.41, 5.74) is 3.77. The number of H-pyrrole nitrogens is 1. The lowest BCUT2D eigenvalue weighted by molar-refractivity contribution is 0.340. The molecule has 4 rings (SSSR count). The van der Waals surface area contributed by atoms with Crippen molar-refractivity contribution in [3.05, 3.63) is 60.1 Å². The van der Waals surface area contributed by atoms with Crippen molar-refractivity contribution < 1.29 is 4.74 Å². The first-order valence-electron chi connectivity index (χ1n) is 8.19. The van der Waals surface area contributed by atoms with Gasteiger partial charge in [0.25, 0.3) is 0 Å². The number of benzene rings is 2. The minimum atomic E-state index is 0.194. The average Bonchev–Trinajstić information content (AvgIpc) is 3.18. The van der Waals surface area contributed by atoms with E-state index in [0.717, 1.165) is 33.5 Å². The third-order valence-corrected chi connectivity index (χ3v) is 4.10. The largest absolute Gasteiger partial charge is 0.494 e. The number of hydrogen-bond donors (Lipinski definition) is 2. The molecule has 2 heterocycles. The number of nitrogens with zero attached hydrogens (tertiary/aromatic N) is 3. The quantitative estimate of drug-likeness (QED) is 0.496. The summed E-state index contributed by atoms with van der Waals surface area (Å²) in [6.45, 7) is 2.54. The molecule has 0 saturated heterocycles. The monoisotopic (exact) mass is 365 g/mol. The maximum absolute atomic E-state index is 6.08. The maximum Gasteiger partial charge on any atom is 0.224 e. The molecule has 0 saturated carbocycles. The van der Waals surface area contributed by atoms with Crippen molar-refractivity contribution in [1.29, 1.82) is 0 Å². The molecule has 0 aliphatic carbocycles. The Bertz CT molecular complexity index is 1030. The van der Waals surface area contributed by atoms with Gasteiger partial charge in [-0.2, -0.15) is 10.1 Å². The minimum absolute atomic E-state index is 0.194. The second-order valence-corrected chi connectivity index (χ2v) is 5.98. The van der Waals surface area contributed by atoms with Gasteiger partial charge in [0.15, 0.2) is 0 Å². The van der Waals surface area contributed by atoms with Crippen LogP contribution in [0.15, 0.2) is 54.9 Å². The first-order chi connectivity index (χ1) is 12.7. The molecule has 0 aliphatic rings. The predicted octanol–water partition coefficient (Wildman–Crippen LogP) is 4.82. The number of aromatic nitrogens is 4. The fourth-order valence-corrected chi connectivity index (χ4v) is 2.90. The summed E-state index contributed by atoms with van der Waals surface area (Å²) in [4.78, 5) is 8.62. The van der Waals surface area contributed by atoms with Crippen LogP contribution < -0.4 is 10.1 Å². The lowest BCUT2D eigenvalue weighted by atomic mass is 10.1. The van der Waals surface area contributed by atoms with E-state index in [9.17, 15) is 0 Å². The zero-order chi connectivity index (χ0) is 17.9. The molecule has 4 aromatic rings. The normalized spacial score (nSPS) is 10.8. The Morgan fingerprint density at radius 1 is 1.08 bits per heavy atom. The lowest BCUT2D eigenvalue weighted by Gasteiger charge is -2.11. The van der Waals surface area contributed by atoms with Crippen LogP contribution in [-0.2, 0) is 0 Å². The van der Waals surface area contributed by atoms with E-state index in [4.69, 9.17) is 16.3 Å². The van der Waals surface area contributed by atoms with E-state index < -0.39 is 0 Å². The molecule has 0 spiro atoms. The molecule has 130 valence electrons. The van der Waals surface area contributed by atoms with Crippen molar-refractivity contribution in [3.63, 3.8) is 0 Å². The number of aromatic amines is 1. The van der Waals surface area contributed by atoms with Gasteiger partial charge in [-0.1, -0.05) is 12.1 Å². The van der Waals surface area contributed by atoms with Crippen LogP contribution in [0, 0.1) is 0 Å². The van der Waals surface area contributed by atoms with Gasteiger partial charge < -0.3 is 10.1 Å². The maximum atomic E-state index is 6.08. The number of fused-ring (bicyclic) bond motifs is 1. The van der Waals surface area contributed by atoms with Crippen molar-refractivity contribution in [3.8, 4) is 16.9 Å². The fourth-order valence-electron chi connectivity index (χ4n) is 2.72. The van der Waals surface area contributed by atoms with Gasteiger partial charge in [-0.05, 0) is 54.4 Å². The summed E-state index contributed by atoms with van der Waals surface area (Å²) in [5.74, 6) is 1.40. The molecule has 2 aromatic heterocycles. The van der Waals surface area contributed by atoms with Crippen molar-refractivity contribution >= 4 is 34.0 Å². The highest BCUT2D eigenvalue weighted by Gasteiger charge is 2.09. The number of ether oxygens (including phenoxy) is 1. The Kier molecular flexibility index (Phi) is 4.41. The molecular weight excluding hydrogens is 350 g/mol. The van der Waals surface area contributed by atoms with E-state index in [1.54, 1.807) is 6.20 Å². The van der Waals surface area contributed by atoms with Gasteiger partial charge in [0.1, 0.15) is 11.6 Å². The van der Waals surface area contributed by atoms with Crippen LogP contribution in [0.2, 0.25) is 5.28 Å². The highest BCUT2D eigenvalue weighted by atomic mass is 35.5. The Balaban J connectivity index is 1.68. The van der Waals surface area contributed by atoms with E-state index in [1.165, 1.54) is 0 Å². The molecule has 0 radical (unpaired) electrons. The average molecular weight is 366 g/mol. The van der Waals surface area contributed by atoms with Crippen LogP contribution in [0.3, 0.4) is 0 Å². The molecule has 0 fully saturated rings. The zero-order valence-corrected chi connectivity index (χ0v) is 14.8. The molecule has 0 atom stereocenters. The summed E-state index contributed by atoms with van der Waals surface area (Å²) < 4.78 is 5.58. The van der Waals surface area contributed by atoms with Gasteiger partial charge in [0, 0.05) is 22.8 Å². The number of halogens is 1. The number of nitrogens with one attached hydrogen (secondary N) is 2. The fraction of sp³-hybridized carbons (Fsp3) is 0.105. The van der Waals surface area contributed by atoms with Crippen LogP contribution >= 0.6 is 11.6 Å². The standard InChI is InChI=1S/C19H16ClN5O/c1-2-26-15-7-8-17-16(9-15)18(25-19(20)24-17)23-14-5-3-12(4-6-14)13-10-21-22-11-13/h3-11H,2H2,1H3,(H,21,22)(H,23,24,25). The summed E-state index contributed by atoms with van der Waals surface area (Å²) >= 11 is 6.08. The van der Waals surface area contributed by atoms with Gasteiger partial charge >= 0.3 is 0 Å². The van der Waals surface area contributed by atoms with Crippen LogP contribution in [0.4, 0.5) is 11.5 Å². The molecule has 2 N–H and O–H groups in total. The molecule has 0 bridgehead atoms. The van der Waals surface area contributed by atoms with Gasteiger partial charge in [0.05, 0.1) is 18.3 Å². The van der Waals surface area contributed by atoms with Gasteiger partial charge in [0.2, 0.25) is 5.28 Å². The number of anilines is 2. The van der Waals surface area contributed by atoms with E-state index in [0.29, 0.717) is 12.4 Å². The Morgan fingerprint density at radius 3 is 2.65 bits per heavy atom. The summed E-state index contributed by atoms with van der Waals surface area (Å²) in [5, 5.41) is 11.1. The predicted molar refractivity (Wildman–Crippen MR) is 103 cm³/mol. The highest BCUT2D eigenvalue weighted by Crippen LogP contribution is 2.29. The van der Waals surface area contributed by atoms with Gasteiger partial charge in [-0.3, -0.25) is 5.10 Å². The summed E-state index contributed by atoms with van der Waals surface area (Å²) in [7, 11) is 0. The topological polar surface area (TPSA) is 75.7 Å². The molecule has 0 amide bonds. The first kappa shape index (κ1) is 16.4. The van der Waals surface area contributed by atoms with Gasteiger partial charge in [-0.15, -0.1) is 0 Å². The molecular formula is C19H16ClN5O. The second-order valence-electron chi connectivity index (χ2n) is 5.64. The third kappa shape index (κ3) is 3.32. The molecule has 2 aromatic carbocycles.